The van der Waals surface area contributed by atoms with Crippen molar-refractivity contribution in [3.63, 3.8) is 0 Å². The Morgan fingerprint density at radius 3 is 2.33 bits per heavy atom. The molecule has 0 unspecified atom stereocenters. The minimum absolute atomic E-state index is 0.101. The zero-order chi connectivity index (χ0) is 26.1. The molecule has 0 saturated carbocycles. The highest BCUT2D eigenvalue weighted by atomic mass is 32.2. The Labute approximate surface area is 211 Å². The normalized spacial score (nSPS) is 11.4. The Balaban J connectivity index is 1.77. The number of amides is 1. The molecule has 1 N–H and O–H groups in total. The number of ether oxygens (including phenoxy) is 2. The molecule has 9 heteroatoms. The summed E-state index contributed by atoms with van der Waals surface area (Å²) in [5.74, 6) is -0.770. The lowest BCUT2D eigenvalue weighted by molar-refractivity contribution is -0.137. The predicted octanol–water partition coefficient (Wildman–Crippen LogP) is 4.34. The van der Waals surface area contributed by atoms with Crippen LogP contribution in [0.25, 0.3) is 6.08 Å². The van der Waals surface area contributed by atoms with E-state index in [1.165, 1.54) is 42.7 Å². The summed E-state index contributed by atoms with van der Waals surface area (Å²) in [6, 6.07) is 20.3. The zero-order valence-corrected chi connectivity index (χ0v) is 21.1. The second-order valence-corrected chi connectivity index (χ2v) is 9.79. The number of carbonyl (C=O) groups excluding carboxylic acids is 2. The monoisotopic (exact) mass is 508 g/mol. The molecule has 36 heavy (non-hydrogen) atoms. The van der Waals surface area contributed by atoms with Crippen molar-refractivity contribution < 1.29 is 27.5 Å². The van der Waals surface area contributed by atoms with E-state index in [1.807, 2.05) is 30.3 Å². The summed E-state index contributed by atoms with van der Waals surface area (Å²) in [5, 5.41) is 2.75. The lowest BCUT2D eigenvalue weighted by Crippen LogP contribution is -2.27. The Kier molecular flexibility index (Phi) is 8.99. The number of nitrogens with zero attached hydrogens (tertiary/aromatic N) is 1. The summed E-state index contributed by atoms with van der Waals surface area (Å²) in [6.45, 7) is 2.19. The summed E-state index contributed by atoms with van der Waals surface area (Å²) in [4.78, 5) is 24.2. The van der Waals surface area contributed by atoms with E-state index in [0.29, 0.717) is 12.3 Å². The fraction of sp³-hybridized carbons (Fsp3) is 0.185. The number of benzene rings is 3. The smallest absolute Gasteiger partial charge is 0.330 e. The van der Waals surface area contributed by atoms with E-state index >= 15 is 0 Å². The largest absolute Gasteiger partial charge is 0.495 e. The number of rotatable bonds is 10. The van der Waals surface area contributed by atoms with E-state index in [4.69, 9.17) is 9.47 Å². The van der Waals surface area contributed by atoms with Gasteiger partial charge in [0, 0.05) is 30.9 Å². The molecule has 1 amide bonds. The Morgan fingerprint density at radius 2 is 1.69 bits per heavy atom. The third-order valence-electron chi connectivity index (χ3n) is 5.23. The van der Waals surface area contributed by atoms with Crippen LogP contribution in [0.2, 0.25) is 0 Å². The Morgan fingerprint density at radius 1 is 1.00 bits per heavy atom. The standard InChI is InChI=1S/C27H28N2O6S/c1-4-35-26(30)17-12-20-10-14-23(15-11-20)28-27(31)22-13-16-24(34-3)25(18-22)36(32,33)29(2)19-21-8-6-5-7-9-21/h5-18H,4,19H2,1-3H3,(H,28,31). The predicted molar refractivity (Wildman–Crippen MR) is 138 cm³/mol. The molecule has 8 nitrogen and oxygen atoms in total. The first-order chi connectivity index (χ1) is 17.2. The molecule has 3 aromatic rings. The number of nitrogens with one attached hydrogen (secondary N) is 1. The van der Waals surface area contributed by atoms with Crippen LogP contribution in [0.5, 0.6) is 5.75 Å². The molecular formula is C27H28N2O6S. The van der Waals surface area contributed by atoms with Crippen molar-refractivity contribution in [2.24, 2.45) is 0 Å². The summed E-state index contributed by atoms with van der Waals surface area (Å²) < 4.78 is 38.0. The van der Waals surface area contributed by atoms with Gasteiger partial charge in [0.1, 0.15) is 10.6 Å². The van der Waals surface area contributed by atoms with Gasteiger partial charge >= 0.3 is 5.97 Å². The lowest BCUT2D eigenvalue weighted by Gasteiger charge is -2.19. The van der Waals surface area contributed by atoms with E-state index in [1.54, 1.807) is 37.3 Å². The van der Waals surface area contributed by atoms with Crippen LogP contribution in [-0.4, -0.2) is 45.4 Å². The fourth-order valence-electron chi connectivity index (χ4n) is 3.35. The first-order valence-corrected chi connectivity index (χ1v) is 12.6. The van der Waals surface area contributed by atoms with Crippen molar-refractivity contribution in [2.75, 3.05) is 26.1 Å². The van der Waals surface area contributed by atoms with Crippen LogP contribution in [0.4, 0.5) is 5.69 Å². The van der Waals surface area contributed by atoms with Crippen molar-refractivity contribution in [2.45, 2.75) is 18.4 Å². The van der Waals surface area contributed by atoms with Crippen molar-refractivity contribution in [3.05, 3.63) is 95.6 Å². The molecule has 0 aromatic heterocycles. The molecular weight excluding hydrogens is 480 g/mol. The van der Waals surface area contributed by atoms with Crippen molar-refractivity contribution in [1.29, 1.82) is 0 Å². The van der Waals surface area contributed by atoms with Crippen LogP contribution >= 0.6 is 0 Å². The highest BCUT2D eigenvalue weighted by Gasteiger charge is 2.26. The van der Waals surface area contributed by atoms with Crippen LogP contribution < -0.4 is 10.1 Å². The molecule has 0 bridgehead atoms. The molecule has 0 aliphatic rings. The molecule has 0 radical (unpaired) electrons. The minimum atomic E-state index is -3.95. The van der Waals surface area contributed by atoms with Gasteiger partial charge in [-0.15, -0.1) is 0 Å². The van der Waals surface area contributed by atoms with Gasteiger partial charge in [0.15, 0.2) is 0 Å². The van der Waals surface area contributed by atoms with E-state index in [2.05, 4.69) is 5.32 Å². The topological polar surface area (TPSA) is 102 Å². The van der Waals surface area contributed by atoms with Gasteiger partial charge in [-0.05, 0) is 54.5 Å². The molecule has 3 rings (SSSR count). The minimum Gasteiger partial charge on any atom is -0.495 e. The molecule has 188 valence electrons. The average molecular weight is 509 g/mol. The summed E-state index contributed by atoms with van der Waals surface area (Å²) in [7, 11) is -1.09. The summed E-state index contributed by atoms with van der Waals surface area (Å²) in [6.07, 6.45) is 2.93. The Hall–Kier alpha value is -3.95. The highest BCUT2D eigenvalue weighted by Crippen LogP contribution is 2.28. The maximum Gasteiger partial charge on any atom is 0.330 e. The number of methoxy groups -OCH3 is 1. The van der Waals surface area contributed by atoms with Gasteiger partial charge in [-0.3, -0.25) is 4.79 Å². The molecule has 0 aliphatic carbocycles. The molecule has 0 atom stereocenters. The van der Waals surface area contributed by atoms with E-state index in [-0.39, 0.29) is 22.8 Å². The second kappa shape index (κ2) is 12.1. The molecule has 0 spiro atoms. The summed E-state index contributed by atoms with van der Waals surface area (Å²) in [5.41, 5.74) is 2.25. The number of anilines is 1. The van der Waals surface area contributed by atoms with Crippen molar-refractivity contribution >= 4 is 33.7 Å². The molecule has 3 aromatic carbocycles. The van der Waals surface area contributed by atoms with E-state index < -0.39 is 21.9 Å². The van der Waals surface area contributed by atoms with Gasteiger partial charge in [-0.1, -0.05) is 42.5 Å². The van der Waals surface area contributed by atoms with E-state index in [9.17, 15) is 18.0 Å². The maximum atomic E-state index is 13.3. The van der Waals surface area contributed by atoms with Gasteiger partial charge in [0.05, 0.1) is 13.7 Å². The number of hydrogen-bond acceptors (Lipinski definition) is 6. The first kappa shape index (κ1) is 26.7. The maximum absolute atomic E-state index is 13.3. The number of esters is 1. The highest BCUT2D eigenvalue weighted by molar-refractivity contribution is 7.89. The third-order valence-corrected chi connectivity index (χ3v) is 7.05. The quantitative estimate of drug-likeness (QED) is 0.323. The molecule has 0 fully saturated rings. The van der Waals surface area contributed by atoms with Gasteiger partial charge in [0.2, 0.25) is 10.0 Å². The zero-order valence-electron chi connectivity index (χ0n) is 20.3. The third kappa shape index (κ3) is 6.80. The number of sulfonamides is 1. The van der Waals surface area contributed by atoms with Crippen LogP contribution in [0.1, 0.15) is 28.4 Å². The lowest BCUT2D eigenvalue weighted by atomic mass is 10.1. The van der Waals surface area contributed by atoms with Crippen LogP contribution in [-0.2, 0) is 26.1 Å². The first-order valence-electron chi connectivity index (χ1n) is 11.2. The Bertz CT molecular complexity index is 1340. The van der Waals surface area contributed by atoms with Gasteiger partial charge in [0.25, 0.3) is 5.91 Å². The molecule has 0 saturated heterocycles. The number of hydrogen-bond donors (Lipinski definition) is 1. The van der Waals surface area contributed by atoms with Crippen LogP contribution in [0, 0.1) is 0 Å². The van der Waals surface area contributed by atoms with Crippen molar-refractivity contribution in [1.82, 2.24) is 4.31 Å². The van der Waals surface area contributed by atoms with Gasteiger partial charge in [-0.25, -0.2) is 13.2 Å². The number of carbonyl (C=O) groups is 2. The SMILES string of the molecule is CCOC(=O)C=Cc1ccc(NC(=O)c2ccc(OC)c(S(=O)(=O)N(C)Cc3ccccc3)c2)cc1. The molecule has 0 aliphatic heterocycles. The van der Waals surface area contributed by atoms with Crippen molar-refractivity contribution in [3.8, 4) is 5.75 Å². The summed E-state index contributed by atoms with van der Waals surface area (Å²) >= 11 is 0. The van der Waals surface area contributed by atoms with Crippen LogP contribution in [0.15, 0.2) is 83.8 Å². The van der Waals surface area contributed by atoms with Gasteiger partial charge < -0.3 is 14.8 Å². The van der Waals surface area contributed by atoms with Gasteiger partial charge in [-0.2, -0.15) is 4.31 Å². The fourth-order valence-corrected chi connectivity index (χ4v) is 4.68. The second-order valence-electron chi connectivity index (χ2n) is 7.77. The van der Waals surface area contributed by atoms with E-state index in [0.717, 1.165) is 11.1 Å². The molecule has 0 heterocycles. The average Bonchev–Trinajstić information content (AvgIpc) is 2.88. The van der Waals surface area contributed by atoms with Crippen LogP contribution in [0.3, 0.4) is 0 Å².